The van der Waals surface area contributed by atoms with Crippen molar-refractivity contribution in [1.82, 2.24) is 4.90 Å². The molecule has 3 nitrogen and oxygen atoms in total. The van der Waals surface area contributed by atoms with E-state index in [1.165, 1.54) is 16.7 Å². The molecule has 2 heterocycles. The highest BCUT2D eigenvalue weighted by Crippen LogP contribution is 2.51. The molecule has 3 aromatic rings. The molecule has 0 saturated carbocycles. The second-order valence-electron chi connectivity index (χ2n) is 8.71. The Morgan fingerprint density at radius 3 is 2.40 bits per heavy atom. The molecule has 2 fully saturated rings. The van der Waals surface area contributed by atoms with Crippen molar-refractivity contribution in [2.75, 3.05) is 20.1 Å². The molecule has 5 rings (SSSR count). The summed E-state index contributed by atoms with van der Waals surface area (Å²) >= 11 is 0. The monoisotopic (exact) mass is 397 g/mol. The zero-order valence-corrected chi connectivity index (χ0v) is 17.7. The topological polar surface area (TPSA) is 21.7 Å². The fourth-order valence-electron chi connectivity index (χ4n) is 5.11. The maximum atomic E-state index is 6.96. The molecule has 2 saturated heterocycles. The van der Waals surface area contributed by atoms with Gasteiger partial charge in [0.15, 0.2) is 0 Å². The van der Waals surface area contributed by atoms with Crippen LogP contribution in [0.5, 0.6) is 0 Å². The summed E-state index contributed by atoms with van der Waals surface area (Å²) in [5.74, 6) is 0.210. The Morgan fingerprint density at radius 1 is 0.933 bits per heavy atom. The number of piperidine rings is 1. The lowest BCUT2D eigenvalue weighted by Gasteiger charge is -2.54. The molecule has 0 N–H and O–H groups in total. The SMILES string of the molecule is Cc1cccc(B2OC(c3ccccc3)C3CN(C)CCC3(c3ccccc3)O2)c1. The molecule has 2 aliphatic heterocycles. The Balaban J connectivity index is 1.65. The van der Waals surface area contributed by atoms with Crippen molar-refractivity contribution >= 4 is 12.6 Å². The lowest BCUT2D eigenvalue weighted by molar-refractivity contribution is -0.147. The average molecular weight is 397 g/mol. The Hall–Kier alpha value is -2.40. The molecule has 0 radical (unpaired) electrons. The van der Waals surface area contributed by atoms with Gasteiger partial charge in [0.05, 0.1) is 11.7 Å². The molecular formula is C26H28BNO2. The van der Waals surface area contributed by atoms with Gasteiger partial charge in [-0.3, -0.25) is 0 Å². The predicted molar refractivity (Wildman–Crippen MR) is 122 cm³/mol. The third-order valence-electron chi connectivity index (χ3n) is 6.63. The predicted octanol–water partition coefficient (Wildman–Crippen LogP) is 4.33. The summed E-state index contributed by atoms with van der Waals surface area (Å²) in [6, 6.07) is 29.9. The standard InChI is InChI=1S/C26H28BNO2/c1-20-10-9-15-23(18-20)27-29-25(21-11-5-3-6-12-21)24-19-28(2)17-16-26(24,30-27)22-13-7-4-8-14-22/h3-15,18,24-25H,16-17,19H2,1-2H3. The van der Waals surface area contributed by atoms with Gasteiger partial charge in [-0.25, -0.2) is 0 Å². The van der Waals surface area contributed by atoms with Gasteiger partial charge in [0, 0.05) is 19.0 Å². The van der Waals surface area contributed by atoms with Gasteiger partial charge in [0.2, 0.25) is 0 Å². The summed E-state index contributed by atoms with van der Waals surface area (Å²) in [6.45, 7) is 4.06. The van der Waals surface area contributed by atoms with Gasteiger partial charge in [0.25, 0.3) is 0 Å². The fourth-order valence-corrected chi connectivity index (χ4v) is 5.11. The van der Waals surface area contributed by atoms with Crippen molar-refractivity contribution in [3.05, 3.63) is 102 Å². The van der Waals surface area contributed by atoms with E-state index in [2.05, 4.69) is 104 Å². The van der Waals surface area contributed by atoms with E-state index < -0.39 is 7.12 Å². The number of fused-ring (bicyclic) bond motifs is 1. The zero-order valence-electron chi connectivity index (χ0n) is 17.7. The highest BCUT2D eigenvalue weighted by atomic mass is 16.6. The molecule has 2 aliphatic rings. The number of hydrogen-bond donors (Lipinski definition) is 0. The Kier molecular flexibility index (Phi) is 5.24. The third-order valence-corrected chi connectivity index (χ3v) is 6.63. The lowest BCUT2D eigenvalue weighted by atomic mass is 9.65. The average Bonchev–Trinajstić information content (AvgIpc) is 2.79. The normalized spacial score (nSPS) is 26.9. The first-order valence-electron chi connectivity index (χ1n) is 10.8. The number of nitrogens with zero attached hydrogens (tertiary/aromatic N) is 1. The van der Waals surface area contributed by atoms with Crippen LogP contribution in [0.2, 0.25) is 0 Å². The van der Waals surface area contributed by atoms with Gasteiger partial charge in [-0.05, 0) is 37.0 Å². The van der Waals surface area contributed by atoms with Crippen molar-refractivity contribution < 1.29 is 9.31 Å². The molecule has 0 aliphatic carbocycles. The van der Waals surface area contributed by atoms with Crippen LogP contribution in [-0.4, -0.2) is 32.2 Å². The van der Waals surface area contributed by atoms with Crippen LogP contribution in [0, 0.1) is 12.8 Å². The quantitative estimate of drug-likeness (QED) is 0.615. The first kappa shape index (κ1) is 19.6. The van der Waals surface area contributed by atoms with Crippen molar-refractivity contribution in [2.24, 2.45) is 5.92 Å². The largest absolute Gasteiger partial charge is 0.495 e. The first-order chi connectivity index (χ1) is 14.7. The van der Waals surface area contributed by atoms with E-state index in [9.17, 15) is 0 Å². The molecule has 152 valence electrons. The Labute approximate surface area is 179 Å². The van der Waals surface area contributed by atoms with Gasteiger partial charge >= 0.3 is 7.12 Å². The first-order valence-corrected chi connectivity index (χ1v) is 10.8. The molecule has 3 atom stereocenters. The van der Waals surface area contributed by atoms with Crippen LogP contribution in [0.1, 0.15) is 29.2 Å². The second-order valence-corrected chi connectivity index (χ2v) is 8.71. The minimum atomic E-state index is -0.394. The van der Waals surface area contributed by atoms with E-state index in [4.69, 9.17) is 9.31 Å². The number of aryl methyl sites for hydroxylation is 1. The fraction of sp³-hybridized carbons (Fsp3) is 0.308. The van der Waals surface area contributed by atoms with Gasteiger partial charge in [-0.2, -0.15) is 0 Å². The maximum Gasteiger partial charge on any atom is 0.495 e. The van der Waals surface area contributed by atoms with Crippen molar-refractivity contribution in [2.45, 2.75) is 25.0 Å². The van der Waals surface area contributed by atoms with Crippen LogP contribution < -0.4 is 5.46 Å². The van der Waals surface area contributed by atoms with E-state index in [1.807, 2.05) is 0 Å². The molecule has 0 spiro atoms. The van der Waals surface area contributed by atoms with Crippen LogP contribution in [0.15, 0.2) is 84.9 Å². The minimum absolute atomic E-state index is 0.0339. The van der Waals surface area contributed by atoms with E-state index in [0.717, 1.165) is 25.0 Å². The van der Waals surface area contributed by atoms with E-state index in [0.29, 0.717) is 0 Å². The molecular weight excluding hydrogens is 369 g/mol. The van der Waals surface area contributed by atoms with Gasteiger partial charge < -0.3 is 14.2 Å². The number of hydrogen-bond acceptors (Lipinski definition) is 3. The van der Waals surface area contributed by atoms with Crippen LogP contribution in [0.3, 0.4) is 0 Å². The summed E-state index contributed by atoms with van der Waals surface area (Å²) < 4.78 is 13.7. The van der Waals surface area contributed by atoms with Gasteiger partial charge in [0.1, 0.15) is 0 Å². The van der Waals surface area contributed by atoms with E-state index in [-0.39, 0.29) is 17.6 Å². The summed E-state index contributed by atoms with van der Waals surface area (Å²) in [5.41, 5.74) is 4.41. The third kappa shape index (κ3) is 3.49. The zero-order chi connectivity index (χ0) is 20.6. The molecule has 0 aromatic heterocycles. The number of likely N-dealkylation sites (tertiary alicyclic amines) is 1. The number of benzene rings is 3. The lowest BCUT2D eigenvalue weighted by Crippen LogP contribution is -2.61. The van der Waals surface area contributed by atoms with Crippen molar-refractivity contribution in [3.63, 3.8) is 0 Å². The summed E-state index contributed by atoms with van der Waals surface area (Å²) in [7, 11) is 1.80. The van der Waals surface area contributed by atoms with Crippen LogP contribution in [-0.2, 0) is 14.9 Å². The van der Waals surface area contributed by atoms with Gasteiger partial charge in [-0.15, -0.1) is 0 Å². The maximum absolute atomic E-state index is 6.96. The molecule has 30 heavy (non-hydrogen) atoms. The molecule has 3 aromatic carbocycles. The Morgan fingerprint density at radius 2 is 1.67 bits per heavy atom. The second kappa shape index (κ2) is 8.03. The smallest absolute Gasteiger partial charge is 0.400 e. The van der Waals surface area contributed by atoms with Gasteiger partial charge in [-0.1, -0.05) is 90.5 Å². The summed E-state index contributed by atoms with van der Waals surface area (Å²) in [5, 5.41) is 0. The summed E-state index contributed by atoms with van der Waals surface area (Å²) in [6.07, 6.45) is 0.918. The van der Waals surface area contributed by atoms with Crippen LogP contribution >= 0.6 is 0 Å². The summed E-state index contributed by atoms with van der Waals surface area (Å²) in [4.78, 5) is 2.40. The highest BCUT2D eigenvalue weighted by molar-refractivity contribution is 6.61. The molecule has 4 heteroatoms. The molecule has 3 unspecified atom stereocenters. The van der Waals surface area contributed by atoms with Crippen LogP contribution in [0.25, 0.3) is 0 Å². The minimum Gasteiger partial charge on any atom is -0.400 e. The van der Waals surface area contributed by atoms with Crippen molar-refractivity contribution in [3.8, 4) is 0 Å². The molecule has 0 bridgehead atoms. The number of rotatable bonds is 3. The van der Waals surface area contributed by atoms with E-state index in [1.54, 1.807) is 0 Å². The highest BCUT2D eigenvalue weighted by Gasteiger charge is 2.55. The van der Waals surface area contributed by atoms with E-state index >= 15 is 0 Å². The van der Waals surface area contributed by atoms with Crippen molar-refractivity contribution in [1.29, 1.82) is 0 Å². The Bertz CT molecular complexity index is 996. The molecule has 0 amide bonds. The van der Waals surface area contributed by atoms with Crippen LogP contribution in [0.4, 0.5) is 0 Å².